The maximum atomic E-state index is 13.4. The monoisotopic (exact) mass is 417 g/mol. The third-order valence-electron chi connectivity index (χ3n) is 4.48. The largest absolute Gasteiger partial charge is 0.325 e. The van der Waals surface area contributed by atoms with Crippen molar-refractivity contribution in [2.24, 2.45) is 0 Å². The van der Waals surface area contributed by atoms with Gasteiger partial charge in [-0.2, -0.15) is 0 Å². The molecule has 6 nitrogen and oxygen atoms in total. The van der Waals surface area contributed by atoms with Crippen LogP contribution in [0.5, 0.6) is 0 Å². The van der Waals surface area contributed by atoms with Crippen LogP contribution in [0.2, 0.25) is 5.02 Å². The van der Waals surface area contributed by atoms with Crippen molar-refractivity contribution in [2.75, 3.05) is 10.7 Å². The van der Waals surface area contributed by atoms with Crippen molar-refractivity contribution in [1.82, 2.24) is 14.9 Å². The van der Waals surface area contributed by atoms with E-state index in [1.54, 1.807) is 4.68 Å². The van der Waals surface area contributed by atoms with Crippen molar-refractivity contribution < 1.29 is 9.18 Å². The van der Waals surface area contributed by atoms with Gasteiger partial charge in [-0.1, -0.05) is 53.2 Å². The van der Waals surface area contributed by atoms with Crippen LogP contribution in [0.15, 0.2) is 47.6 Å². The Kier molecular flexibility index (Phi) is 4.99. The molecular weight excluding hydrogens is 401 g/mol. The highest BCUT2D eigenvalue weighted by Gasteiger charge is 2.37. The van der Waals surface area contributed by atoms with E-state index in [-0.39, 0.29) is 17.0 Å². The van der Waals surface area contributed by atoms with Gasteiger partial charge in [-0.15, -0.1) is 10.2 Å². The predicted octanol–water partition coefficient (Wildman–Crippen LogP) is 4.09. The number of nitrogens with zero attached hydrogens (tertiary/aromatic N) is 3. The molecule has 2 N–H and O–H groups in total. The number of aryl methyl sites for hydroxylation is 2. The molecule has 1 aromatic heterocycles. The summed E-state index contributed by atoms with van der Waals surface area (Å²) in [6.07, 6.45) is 0. The van der Waals surface area contributed by atoms with E-state index >= 15 is 0 Å². The first-order valence-electron chi connectivity index (χ1n) is 8.60. The van der Waals surface area contributed by atoms with Crippen molar-refractivity contribution in [2.45, 2.75) is 30.3 Å². The number of nitrogens with one attached hydrogen (secondary N) is 2. The van der Waals surface area contributed by atoms with Crippen LogP contribution >= 0.6 is 23.4 Å². The first-order valence-corrected chi connectivity index (χ1v) is 9.86. The van der Waals surface area contributed by atoms with Gasteiger partial charge in [0, 0.05) is 5.69 Å². The SMILES string of the molecule is Cc1ccc([C@H]2Nn3c(C)nnc3S[C@@H]2C(=O)Nc2ccc(F)c(Cl)c2)cc1. The third kappa shape index (κ3) is 3.57. The number of amides is 1. The van der Waals surface area contributed by atoms with Crippen LogP contribution in [0.3, 0.4) is 0 Å². The van der Waals surface area contributed by atoms with Gasteiger partial charge >= 0.3 is 0 Å². The summed E-state index contributed by atoms with van der Waals surface area (Å²) in [6.45, 7) is 3.86. The fourth-order valence-electron chi connectivity index (χ4n) is 2.97. The summed E-state index contributed by atoms with van der Waals surface area (Å²) < 4.78 is 15.2. The average Bonchev–Trinajstić information content (AvgIpc) is 3.04. The lowest BCUT2D eigenvalue weighted by Crippen LogP contribution is -2.41. The maximum Gasteiger partial charge on any atom is 0.240 e. The number of hydrogen-bond donors (Lipinski definition) is 2. The summed E-state index contributed by atoms with van der Waals surface area (Å²) >= 11 is 7.15. The molecule has 2 aromatic carbocycles. The van der Waals surface area contributed by atoms with E-state index in [1.165, 1.54) is 30.0 Å². The van der Waals surface area contributed by atoms with E-state index in [0.29, 0.717) is 16.7 Å². The third-order valence-corrected chi connectivity index (χ3v) is 5.99. The Morgan fingerprint density at radius 1 is 1.21 bits per heavy atom. The Hall–Kier alpha value is -2.58. The number of anilines is 1. The lowest BCUT2D eigenvalue weighted by molar-refractivity contribution is -0.116. The molecule has 1 amide bonds. The molecule has 9 heteroatoms. The molecule has 2 atom stereocenters. The van der Waals surface area contributed by atoms with Gasteiger partial charge in [0.2, 0.25) is 11.1 Å². The van der Waals surface area contributed by atoms with E-state index in [1.807, 2.05) is 38.1 Å². The Morgan fingerprint density at radius 3 is 2.68 bits per heavy atom. The van der Waals surface area contributed by atoms with Gasteiger partial charge in [0.05, 0.1) is 11.1 Å². The van der Waals surface area contributed by atoms with Crippen molar-refractivity contribution in [3.05, 3.63) is 70.3 Å². The minimum atomic E-state index is -0.533. The van der Waals surface area contributed by atoms with Crippen molar-refractivity contribution in [3.8, 4) is 0 Å². The average molecular weight is 418 g/mol. The number of benzene rings is 2. The highest BCUT2D eigenvalue weighted by Crippen LogP contribution is 2.37. The molecule has 1 aliphatic heterocycles. The molecule has 0 saturated carbocycles. The molecule has 144 valence electrons. The summed E-state index contributed by atoms with van der Waals surface area (Å²) in [4.78, 5) is 13.1. The fraction of sp³-hybridized carbons (Fsp3) is 0.211. The Bertz CT molecular complexity index is 1040. The molecule has 0 bridgehead atoms. The smallest absolute Gasteiger partial charge is 0.240 e. The van der Waals surface area contributed by atoms with E-state index in [9.17, 15) is 9.18 Å². The molecular formula is C19H17ClFN5OS. The number of halogens is 2. The minimum absolute atomic E-state index is 0.0438. The van der Waals surface area contributed by atoms with E-state index in [2.05, 4.69) is 20.9 Å². The summed E-state index contributed by atoms with van der Waals surface area (Å²) in [5.41, 5.74) is 5.88. The van der Waals surface area contributed by atoms with Gasteiger partial charge in [0.25, 0.3) is 0 Å². The lowest BCUT2D eigenvalue weighted by atomic mass is 10.0. The molecule has 0 fully saturated rings. The second-order valence-corrected chi connectivity index (χ2v) is 8.06. The number of carbonyl (C=O) groups is 1. The molecule has 0 radical (unpaired) electrons. The topological polar surface area (TPSA) is 71.8 Å². The van der Waals surface area contributed by atoms with Crippen LogP contribution in [-0.2, 0) is 4.79 Å². The lowest BCUT2D eigenvalue weighted by Gasteiger charge is -2.32. The molecule has 0 unspecified atom stereocenters. The molecule has 0 spiro atoms. The Balaban J connectivity index is 1.65. The summed E-state index contributed by atoms with van der Waals surface area (Å²) in [5.74, 6) is -0.0593. The van der Waals surface area contributed by atoms with Gasteiger partial charge in [-0.05, 0) is 37.6 Å². The number of carbonyl (C=O) groups excluding carboxylic acids is 1. The van der Waals surface area contributed by atoms with Crippen LogP contribution in [0.1, 0.15) is 23.0 Å². The van der Waals surface area contributed by atoms with Gasteiger partial charge in [-0.25, -0.2) is 9.07 Å². The summed E-state index contributed by atoms with van der Waals surface area (Å²) in [7, 11) is 0. The van der Waals surface area contributed by atoms with Crippen LogP contribution in [0, 0.1) is 19.7 Å². The quantitative estimate of drug-likeness (QED) is 0.671. The summed E-state index contributed by atoms with van der Waals surface area (Å²) in [6, 6.07) is 11.8. The van der Waals surface area contributed by atoms with Crippen molar-refractivity contribution in [3.63, 3.8) is 0 Å². The second kappa shape index (κ2) is 7.44. The van der Waals surface area contributed by atoms with E-state index in [4.69, 9.17) is 11.6 Å². The molecule has 3 aromatic rings. The zero-order valence-corrected chi connectivity index (χ0v) is 16.7. The first kappa shape index (κ1) is 18.8. The van der Waals surface area contributed by atoms with Gasteiger partial charge in [0.15, 0.2) is 0 Å². The molecule has 4 rings (SSSR count). The number of rotatable bonds is 3. The molecule has 0 aliphatic carbocycles. The van der Waals surface area contributed by atoms with Crippen molar-refractivity contribution in [1.29, 1.82) is 0 Å². The minimum Gasteiger partial charge on any atom is -0.325 e. The highest BCUT2D eigenvalue weighted by atomic mass is 35.5. The van der Waals surface area contributed by atoms with Gasteiger partial charge in [-0.3, -0.25) is 4.79 Å². The van der Waals surface area contributed by atoms with Gasteiger partial charge in [0.1, 0.15) is 16.9 Å². The maximum absolute atomic E-state index is 13.4. The standard InChI is InChI=1S/C19H17ClFN5OS/c1-10-3-5-12(6-4-10)16-17(28-19-24-23-11(2)26(19)25-16)18(27)22-13-7-8-15(21)14(20)9-13/h3-9,16-17,25H,1-2H3,(H,22,27)/t16-,17+/m1/s1. The van der Waals surface area contributed by atoms with Crippen LogP contribution < -0.4 is 10.7 Å². The molecule has 28 heavy (non-hydrogen) atoms. The Morgan fingerprint density at radius 2 is 1.96 bits per heavy atom. The second-order valence-electron chi connectivity index (χ2n) is 6.54. The zero-order valence-electron chi connectivity index (χ0n) is 15.1. The molecule has 1 aliphatic rings. The van der Waals surface area contributed by atoms with Crippen molar-refractivity contribution >= 4 is 35.0 Å². The van der Waals surface area contributed by atoms with E-state index in [0.717, 1.165) is 11.1 Å². The fourth-order valence-corrected chi connectivity index (χ4v) is 4.28. The summed E-state index contributed by atoms with van der Waals surface area (Å²) in [5, 5.41) is 11.1. The number of aromatic nitrogens is 3. The molecule has 0 saturated heterocycles. The number of hydrogen-bond acceptors (Lipinski definition) is 5. The zero-order chi connectivity index (χ0) is 19.8. The molecule has 2 heterocycles. The Labute approximate surface area is 170 Å². The highest BCUT2D eigenvalue weighted by molar-refractivity contribution is 8.00. The normalized spacial score (nSPS) is 18.3. The van der Waals surface area contributed by atoms with E-state index < -0.39 is 11.1 Å². The van der Waals surface area contributed by atoms with Crippen LogP contribution in [-0.4, -0.2) is 26.0 Å². The van der Waals surface area contributed by atoms with Crippen LogP contribution in [0.25, 0.3) is 0 Å². The van der Waals surface area contributed by atoms with Gasteiger partial charge < -0.3 is 10.7 Å². The number of thioether (sulfide) groups is 1. The first-order chi connectivity index (χ1) is 13.4. The van der Waals surface area contributed by atoms with Crippen LogP contribution in [0.4, 0.5) is 10.1 Å². The predicted molar refractivity (Wildman–Crippen MR) is 108 cm³/mol. The number of fused-ring (bicyclic) bond motifs is 1.